The van der Waals surface area contributed by atoms with Gasteiger partial charge in [-0.1, -0.05) is 6.07 Å². The van der Waals surface area contributed by atoms with Crippen LogP contribution in [0, 0.1) is 0 Å². The van der Waals surface area contributed by atoms with Gasteiger partial charge in [-0.05, 0) is 56.7 Å². The van der Waals surface area contributed by atoms with Gasteiger partial charge < -0.3 is 29.3 Å². The number of amides is 3. The number of pyridine rings is 2. The summed E-state index contributed by atoms with van der Waals surface area (Å²) in [5, 5.41) is 2.92. The number of nitrogens with zero attached hydrogens (tertiary/aromatic N) is 5. The molecule has 2 aliphatic heterocycles. The lowest BCUT2D eigenvalue weighted by molar-refractivity contribution is 0.0240. The number of hydrogen-bond donors (Lipinski definition) is 1. The molecule has 2 aromatic heterocycles. The molecule has 0 saturated carbocycles. The zero-order valence-electron chi connectivity index (χ0n) is 24.3. The zero-order valence-corrected chi connectivity index (χ0v) is 24.3. The summed E-state index contributed by atoms with van der Waals surface area (Å²) < 4.78 is 16.2. The Bertz CT molecular complexity index is 1510. The summed E-state index contributed by atoms with van der Waals surface area (Å²) in [4.78, 5) is 53.0. The third kappa shape index (κ3) is 5.92. The van der Waals surface area contributed by atoms with Crippen LogP contribution in [0.3, 0.4) is 0 Å². The van der Waals surface area contributed by atoms with E-state index in [1.165, 1.54) is 12.0 Å². The Morgan fingerprint density at radius 2 is 1.69 bits per heavy atom. The van der Waals surface area contributed by atoms with Crippen molar-refractivity contribution in [3.8, 4) is 11.5 Å². The molecule has 1 saturated heterocycles. The Kier molecular flexibility index (Phi) is 7.88. The van der Waals surface area contributed by atoms with Crippen molar-refractivity contribution < 1.29 is 28.6 Å². The van der Waals surface area contributed by atoms with Crippen molar-refractivity contribution in [2.24, 2.45) is 0 Å². The molecular formula is C30H34N6O6. The highest BCUT2D eigenvalue weighted by molar-refractivity contribution is 6.10. The summed E-state index contributed by atoms with van der Waals surface area (Å²) in [6.45, 7) is 7.91. The molecule has 0 bridgehead atoms. The molecule has 12 nitrogen and oxygen atoms in total. The van der Waals surface area contributed by atoms with Crippen LogP contribution in [-0.2, 0) is 11.3 Å². The Balaban J connectivity index is 1.28. The number of hydrogen-bond acceptors (Lipinski definition) is 9. The molecule has 1 aromatic carbocycles. The van der Waals surface area contributed by atoms with Crippen molar-refractivity contribution in [1.29, 1.82) is 0 Å². The van der Waals surface area contributed by atoms with Crippen LogP contribution in [0.1, 0.15) is 47.2 Å². The molecule has 5 rings (SSSR count). The highest BCUT2D eigenvalue weighted by Gasteiger charge is 2.32. The predicted molar refractivity (Wildman–Crippen MR) is 157 cm³/mol. The molecule has 2 aliphatic rings. The molecule has 42 heavy (non-hydrogen) atoms. The molecular weight excluding hydrogens is 540 g/mol. The van der Waals surface area contributed by atoms with E-state index in [1.807, 2.05) is 26.8 Å². The lowest BCUT2D eigenvalue weighted by Crippen LogP contribution is -2.50. The number of methoxy groups -OCH3 is 2. The van der Waals surface area contributed by atoms with Gasteiger partial charge in [0.25, 0.3) is 11.8 Å². The average Bonchev–Trinajstić information content (AvgIpc) is 3.31. The standard InChI is InChI=1S/C30H34N6O6/c1-30(2,3)42-29(39)35-13-11-34(12-14-35)23-9-10-31-17-22(23)33-27(37)21-7-6-8-26(32-21)36-18-19-15-24(40-4)25(41-5)16-20(19)28(36)38/h6-10,15-17H,11-14,18H2,1-5H3,(H,33,37). The summed E-state index contributed by atoms with van der Waals surface area (Å²) in [6, 6.07) is 10.2. The molecule has 0 unspecified atom stereocenters. The molecule has 1 fully saturated rings. The van der Waals surface area contributed by atoms with E-state index in [-0.39, 0.29) is 24.2 Å². The Morgan fingerprint density at radius 3 is 2.38 bits per heavy atom. The van der Waals surface area contributed by atoms with Crippen molar-refractivity contribution in [2.45, 2.75) is 32.9 Å². The maximum absolute atomic E-state index is 13.3. The van der Waals surface area contributed by atoms with Crippen LogP contribution >= 0.6 is 0 Å². The Morgan fingerprint density at radius 1 is 0.976 bits per heavy atom. The molecule has 12 heteroatoms. The first-order valence-electron chi connectivity index (χ1n) is 13.6. The SMILES string of the molecule is COc1cc2c(cc1OC)C(=O)N(c1cccc(C(=O)Nc3cnccc3N3CCN(C(=O)OC(C)(C)C)CC3)n1)C2. The number of carbonyl (C=O) groups excluding carboxylic acids is 3. The van der Waals surface area contributed by atoms with Crippen molar-refractivity contribution in [3.05, 3.63) is 65.6 Å². The van der Waals surface area contributed by atoms with Gasteiger partial charge in [-0.15, -0.1) is 0 Å². The van der Waals surface area contributed by atoms with Crippen LogP contribution in [0.5, 0.6) is 11.5 Å². The van der Waals surface area contributed by atoms with Gasteiger partial charge in [-0.3, -0.25) is 19.5 Å². The van der Waals surface area contributed by atoms with E-state index in [4.69, 9.17) is 14.2 Å². The first kappa shape index (κ1) is 28.7. The van der Waals surface area contributed by atoms with Crippen molar-refractivity contribution in [3.63, 3.8) is 0 Å². The van der Waals surface area contributed by atoms with E-state index in [2.05, 4.69) is 20.2 Å². The number of piperazine rings is 1. The van der Waals surface area contributed by atoms with E-state index >= 15 is 0 Å². The number of anilines is 3. The van der Waals surface area contributed by atoms with Crippen LogP contribution in [0.15, 0.2) is 48.8 Å². The Labute approximate surface area is 244 Å². The van der Waals surface area contributed by atoms with E-state index in [0.717, 1.165) is 11.3 Å². The number of nitrogens with one attached hydrogen (secondary N) is 1. The quantitative estimate of drug-likeness (QED) is 0.465. The molecule has 1 N–H and O–H groups in total. The van der Waals surface area contributed by atoms with Crippen LogP contribution in [-0.4, -0.2) is 78.8 Å². The minimum absolute atomic E-state index is 0.149. The summed E-state index contributed by atoms with van der Waals surface area (Å²) in [6.07, 6.45) is 2.90. The van der Waals surface area contributed by atoms with Crippen LogP contribution in [0.25, 0.3) is 0 Å². The highest BCUT2D eigenvalue weighted by Crippen LogP contribution is 2.36. The number of ether oxygens (including phenoxy) is 3. The first-order valence-corrected chi connectivity index (χ1v) is 13.6. The van der Waals surface area contributed by atoms with E-state index in [1.54, 1.807) is 54.7 Å². The monoisotopic (exact) mass is 574 g/mol. The second-order valence-corrected chi connectivity index (χ2v) is 10.9. The molecule has 220 valence electrons. The number of rotatable bonds is 6. The highest BCUT2D eigenvalue weighted by atomic mass is 16.6. The van der Waals surface area contributed by atoms with Crippen LogP contribution < -0.4 is 24.6 Å². The molecule has 0 aliphatic carbocycles. The number of aromatic nitrogens is 2. The fraction of sp³-hybridized carbons (Fsp3) is 0.367. The normalized spacial score (nSPS) is 14.9. The minimum atomic E-state index is -0.560. The molecule has 0 atom stereocenters. The van der Waals surface area contributed by atoms with Gasteiger partial charge in [0.1, 0.15) is 17.1 Å². The number of carbonyl (C=O) groups is 3. The topological polar surface area (TPSA) is 126 Å². The first-order chi connectivity index (χ1) is 20.1. The minimum Gasteiger partial charge on any atom is -0.493 e. The smallest absolute Gasteiger partial charge is 0.410 e. The largest absolute Gasteiger partial charge is 0.493 e. The average molecular weight is 575 g/mol. The second kappa shape index (κ2) is 11.6. The van der Waals surface area contributed by atoms with Crippen molar-refractivity contribution in [1.82, 2.24) is 14.9 Å². The van der Waals surface area contributed by atoms with Gasteiger partial charge in [-0.2, -0.15) is 0 Å². The number of fused-ring (bicyclic) bond motifs is 1. The fourth-order valence-electron chi connectivity index (χ4n) is 4.93. The van der Waals surface area contributed by atoms with Gasteiger partial charge in [0.05, 0.1) is 38.3 Å². The summed E-state index contributed by atoms with van der Waals surface area (Å²) >= 11 is 0. The van der Waals surface area contributed by atoms with E-state index in [9.17, 15) is 14.4 Å². The van der Waals surface area contributed by atoms with Gasteiger partial charge in [-0.25, -0.2) is 9.78 Å². The van der Waals surface area contributed by atoms with Crippen LogP contribution in [0.2, 0.25) is 0 Å². The number of benzene rings is 1. The maximum Gasteiger partial charge on any atom is 0.410 e. The van der Waals surface area contributed by atoms with Gasteiger partial charge in [0.2, 0.25) is 0 Å². The molecule has 3 amide bonds. The third-order valence-corrected chi connectivity index (χ3v) is 6.98. The molecule has 0 spiro atoms. The van der Waals surface area contributed by atoms with Crippen molar-refractivity contribution in [2.75, 3.05) is 55.5 Å². The van der Waals surface area contributed by atoms with Gasteiger partial charge >= 0.3 is 6.09 Å². The summed E-state index contributed by atoms with van der Waals surface area (Å²) in [5.41, 5.74) is 2.17. The van der Waals surface area contributed by atoms with Crippen LogP contribution in [0.4, 0.5) is 22.0 Å². The van der Waals surface area contributed by atoms with Gasteiger partial charge in [0.15, 0.2) is 11.5 Å². The second-order valence-electron chi connectivity index (χ2n) is 10.9. The van der Waals surface area contributed by atoms with Crippen molar-refractivity contribution >= 4 is 35.1 Å². The van der Waals surface area contributed by atoms with E-state index < -0.39 is 11.5 Å². The molecule has 0 radical (unpaired) electrons. The third-order valence-electron chi connectivity index (χ3n) is 6.98. The molecule has 4 heterocycles. The van der Waals surface area contributed by atoms with Gasteiger partial charge in [0, 0.05) is 37.9 Å². The molecule has 3 aromatic rings. The maximum atomic E-state index is 13.3. The lowest BCUT2D eigenvalue weighted by atomic mass is 10.1. The lowest BCUT2D eigenvalue weighted by Gasteiger charge is -2.37. The predicted octanol–water partition coefficient (Wildman–Crippen LogP) is 3.96. The zero-order chi connectivity index (χ0) is 30.0. The summed E-state index contributed by atoms with van der Waals surface area (Å²) in [7, 11) is 3.06. The summed E-state index contributed by atoms with van der Waals surface area (Å²) in [5.74, 6) is 0.671. The fourth-order valence-corrected chi connectivity index (χ4v) is 4.93. The Hall–Kier alpha value is -4.87. The van der Waals surface area contributed by atoms with E-state index in [0.29, 0.717) is 54.7 Å².